The third-order valence-electron chi connectivity index (χ3n) is 1.46. The molecule has 0 radical (unpaired) electrons. The van der Waals surface area contributed by atoms with Crippen molar-refractivity contribution in [3.8, 4) is 0 Å². The molecule has 1 aromatic rings. The molecular weight excluding hydrogens is 239 g/mol. The number of rotatable bonds is 3. The van der Waals surface area contributed by atoms with Crippen molar-refractivity contribution in [1.29, 1.82) is 0 Å². The molecule has 1 heterocycles. The molecule has 0 N–H and O–H groups in total. The van der Waals surface area contributed by atoms with Gasteiger partial charge in [-0.25, -0.2) is 4.98 Å². The Balaban J connectivity index is 2.41. The molecule has 7 heteroatoms. The van der Waals surface area contributed by atoms with Crippen molar-refractivity contribution in [3.05, 3.63) is 15.5 Å². The highest BCUT2D eigenvalue weighted by atomic mass is 35.5. The van der Waals surface area contributed by atoms with E-state index in [4.69, 9.17) is 11.6 Å². The first-order valence-corrected chi connectivity index (χ1v) is 4.87. The molecule has 0 aliphatic rings. The summed E-state index contributed by atoms with van der Waals surface area (Å²) in [7, 11) is 0. The zero-order valence-corrected chi connectivity index (χ0v) is 8.71. The van der Waals surface area contributed by atoms with Gasteiger partial charge in [-0.3, -0.25) is 0 Å². The summed E-state index contributed by atoms with van der Waals surface area (Å²) in [5.41, 5.74) is 0. The van der Waals surface area contributed by atoms with Crippen LogP contribution in [0.5, 0.6) is 0 Å². The number of nitrogens with zero attached hydrogens (tertiary/aromatic N) is 1. The van der Waals surface area contributed by atoms with Gasteiger partial charge >= 0.3 is 6.18 Å². The first-order valence-electron chi connectivity index (χ1n) is 3.68. The van der Waals surface area contributed by atoms with Crippen molar-refractivity contribution in [2.75, 3.05) is 0 Å². The van der Waals surface area contributed by atoms with E-state index in [1.807, 2.05) is 0 Å². The van der Waals surface area contributed by atoms with Gasteiger partial charge in [0.25, 0.3) is 0 Å². The van der Waals surface area contributed by atoms with Crippen molar-refractivity contribution in [2.24, 2.45) is 0 Å². The Morgan fingerprint density at radius 1 is 1.64 bits per heavy atom. The molecule has 0 amide bonds. The minimum atomic E-state index is -4.32. The average Bonchev–Trinajstić information content (AvgIpc) is 2.45. The van der Waals surface area contributed by atoms with Crippen LogP contribution in [-0.4, -0.2) is 17.3 Å². The molecule has 1 unspecified atom stereocenters. The van der Waals surface area contributed by atoms with Crippen LogP contribution in [0.1, 0.15) is 11.8 Å². The highest BCUT2D eigenvalue weighted by Crippen LogP contribution is 2.25. The monoisotopic (exact) mass is 245 g/mol. The van der Waals surface area contributed by atoms with E-state index < -0.39 is 12.3 Å². The van der Waals surface area contributed by atoms with E-state index >= 15 is 0 Å². The quantitative estimate of drug-likeness (QED) is 0.815. The second kappa shape index (κ2) is 4.46. The Kier molecular flexibility index (Phi) is 3.74. The molecule has 0 fully saturated rings. The van der Waals surface area contributed by atoms with E-state index in [0.717, 1.165) is 18.3 Å². The van der Waals surface area contributed by atoms with Crippen LogP contribution >= 0.6 is 22.9 Å². The van der Waals surface area contributed by atoms with Crippen LogP contribution in [0.15, 0.2) is 6.20 Å². The lowest BCUT2D eigenvalue weighted by molar-refractivity contribution is -0.217. The maximum absolute atomic E-state index is 12.0. The summed E-state index contributed by atoms with van der Waals surface area (Å²) in [6.45, 7) is 0.841. The maximum Gasteiger partial charge on any atom is 0.414 e. The molecule has 1 aromatic heterocycles. The fraction of sp³-hybridized carbons (Fsp3) is 0.571. The van der Waals surface area contributed by atoms with Gasteiger partial charge in [-0.2, -0.15) is 13.2 Å². The number of thiazole rings is 1. The molecule has 80 valence electrons. The zero-order valence-electron chi connectivity index (χ0n) is 7.14. The first-order chi connectivity index (χ1) is 6.39. The van der Waals surface area contributed by atoms with Gasteiger partial charge in [0.05, 0.1) is 11.5 Å². The zero-order chi connectivity index (χ0) is 10.8. The van der Waals surface area contributed by atoms with Gasteiger partial charge in [-0.1, -0.05) is 11.6 Å². The van der Waals surface area contributed by atoms with Gasteiger partial charge in [0.15, 0.2) is 10.6 Å². The fourth-order valence-corrected chi connectivity index (χ4v) is 1.55. The minimum Gasteiger partial charge on any atom is -0.364 e. The third kappa shape index (κ3) is 3.43. The molecular formula is C7H7ClF3NOS. The Bertz CT molecular complexity index is 301. The van der Waals surface area contributed by atoms with E-state index in [2.05, 4.69) is 9.72 Å². The summed E-state index contributed by atoms with van der Waals surface area (Å²) in [6, 6.07) is 0. The van der Waals surface area contributed by atoms with Crippen molar-refractivity contribution < 1.29 is 17.9 Å². The van der Waals surface area contributed by atoms with Crippen LogP contribution in [0.4, 0.5) is 13.2 Å². The molecule has 0 spiro atoms. The van der Waals surface area contributed by atoms with Gasteiger partial charge in [-0.15, -0.1) is 11.3 Å². The standard InChI is InChI=1S/C7H7ClF3NOS/c1-4(7(9,10)11)13-3-5-2-12-6(8)14-5/h2,4H,3H2,1H3. The third-order valence-corrected chi connectivity index (χ3v) is 2.55. The predicted molar refractivity (Wildman–Crippen MR) is 47.4 cm³/mol. The van der Waals surface area contributed by atoms with E-state index in [1.165, 1.54) is 6.20 Å². The molecule has 0 aliphatic carbocycles. The van der Waals surface area contributed by atoms with Crippen LogP contribution in [0.25, 0.3) is 0 Å². The number of alkyl halides is 3. The predicted octanol–water partition coefficient (Wildman–Crippen LogP) is 3.26. The lowest BCUT2D eigenvalue weighted by Crippen LogP contribution is -2.28. The van der Waals surface area contributed by atoms with Crippen LogP contribution in [0.2, 0.25) is 4.47 Å². The number of hydrogen-bond acceptors (Lipinski definition) is 3. The van der Waals surface area contributed by atoms with E-state index in [9.17, 15) is 13.2 Å². The molecule has 0 saturated heterocycles. The Labute approximate surface area is 87.7 Å². The molecule has 0 aromatic carbocycles. The molecule has 2 nitrogen and oxygen atoms in total. The lowest BCUT2D eigenvalue weighted by atomic mass is 10.4. The summed E-state index contributed by atoms with van der Waals surface area (Å²) in [4.78, 5) is 4.25. The van der Waals surface area contributed by atoms with E-state index in [0.29, 0.717) is 9.34 Å². The normalized spacial score (nSPS) is 14.4. The summed E-state index contributed by atoms with van der Waals surface area (Å²) in [5.74, 6) is 0. The summed E-state index contributed by atoms with van der Waals surface area (Å²) in [5, 5.41) is 0. The van der Waals surface area contributed by atoms with E-state index in [-0.39, 0.29) is 6.61 Å². The second-order valence-electron chi connectivity index (χ2n) is 2.57. The largest absolute Gasteiger partial charge is 0.414 e. The Morgan fingerprint density at radius 2 is 2.29 bits per heavy atom. The molecule has 0 bridgehead atoms. The van der Waals surface area contributed by atoms with Gasteiger partial charge in [0, 0.05) is 6.20 Å². The van der Waals surface area contributed by atoms with Crippen molar-refractivity contribution in [2.45, 2.75) is 25.8 Å². The Morgan fingerprint density at radius 3 is 2.71 bits per heavy atom. The van der Waals surface area contributed by atoms with Crippen LogP contribution < -0.4 is 0 Å². The SMILES string of the molecule is CC(OCc1cnc(Cl)s1)C(F)(F)F. The van der Waals surface area contributed by atoms with Crippen LogP contribution in [-0.2, 0) is 11.3 Å². The summed E-state index contributed by atoms with van der Waals surface area (Å²) >= 11 is 6.60. The smallest absolute Gasteiger partial charge is 0.364 e. The van der Waals surface area contributed by atoms with Crippen molar-refractivity contribution in [3.63, 3.8) is 0 Å². The summed E-state index contributed by atoms with van der Waals surface area (Å²) < 4.78 is 40.9. The number of halogens is 4. The topological polar surface area (TPSA) is 22.1 Å². The fourth-order valence-electron chi connectivity index (χ4n) is 0.652. The highest BCUT2D eigenvalue weighted by Gasteiger charge is 2.36. The number of ether oxygens (including phenoxy) is 1. The van der Waals surface area contributed by atoms with Gasteiger partial charge < -0.3 is 4.74 Å². The molecule has 0 aliphatic heterocycles. The van der Waals surface area contributed by atoms with Crippen molar-refractivity contribution in [1.82, 2.24) is 4.98 Å². The average molecular weight is 246 g/mol. The number of aromatic nitrogens is 1. The minimum absolute atomic E-state index is 0.120. The van der Waals surface area contributed by atoms with Crippen LogP contribution in [0.3, 0.4) is 0 Å². The Hall–Kier alpha value is -0.330. The van der Waals surface area contributed by atoms with E-state index in [1.54, 1.807) is 0 Å². The molecule has 1 atom stereocenters. The second-order valence-corrected chi connectivity index (χ2v) is 4.27. The first kappa shape index (κ1) is 11.7. The molecule has 14 heavy (non-hydrogen) atoms. The lowest BCUT2D eigenvalue weighted by Gasteiger charge is -2.15. The summed E-state index contributed by atoms with van der Waals surface area (Å²) in [6.07, 6.45) is -4.70. The van der Waals surface area contributed by atoms with Gasteiger partial charge in [-0.05, 0) is 6.92 Å². The van der Waals surface area contributed by atoms with Gasteiger partial charge in [0.1, 0.15) is 0 Å². The van der Waals surface area contributed by atoms with Gasteiger partial charge in [0.2, 0.25) is 0 Å². The maximum atomic E-state index is 12.0. The molecule has 0 saturated carbocycles. The van der Waals surface area contributed by atoms with Crippen LogP contribution in [0, 0.1) is 0 Å². The highest BCUT2D eigenvalue weighted by molar-refractivity contribution is 7.15. The van der Waals surface area contributed by atoms with Crippen molar-refractivity contribution >= 4 is 22.9 Å². The molecule has 1 rings (SSSR count). The number of hydrogen-bond donors (Lipinski definition) is 0.